The highest BCUT2D eigenvalue weighted by atomic mass is 79.9. The second-order valence-electron chi connectivity index (χ2n) is 6.56. The van der Waals surface area contributed by atoms with Crippen LogP contribution in [0.3, 0.4) is 0 Å². The van der Waals surface area contributed by atoms with Crippen molar-refractivity contribution in [2.45, 2.75) is 58.2 Å². The van der Waals surface area contributed by atoms with E-state index < -0.39 is 8.24 Å². The number of hydrogen-bond donors (Lipinski definition) is 0. The summed E-state index contributed by atoms with van der Waals surface area (Å²) in [7, 11) is -1.82. The maximum absolute atomic E-state index is 6.01. The van der Waals surface area contributed by atoms with Crippen molar-refractivity contribution in [2.75, 3.05) is 0 Å². The van der Waals surface area contributed by atoms with Gasteiger partial charge in [0.2, 0.25) is 0 Å². The van der Waals surface area contributed by atoms with Crippen molar-refractivity contribution in [1.29, 1.82) is 0 Å². The number of hydrogen-bond acceptors (Lipinski definition) is 2. The first-order chi connectivity index (χ1) is 9.72. The van der Waals surface area contributed by atoms with Crippen molar-refractivity contribution < 1.29 is 0 Å². The van der Waals surface area contributed by atoms with Crippen LogP contribution in [0.4, 0.5) is 0 Å². The molecule has 116 valence electrons. The van der Waals surface area contributed by atoms with Crippen molar-refractivity contribution in [3.8, 4) is 0 Å². The average Bonchev–Trinajstić information content (AvgIpc) is 2.66. The van der Waals surface area contributed by atoms with Crippen molar-refractivity contribution in [3.63, 3.8) is 0 Å². The van der Waals surface area contributed by atoms with Gasteiger partial charge in [-0.15, -0.1) is 0 Å². The lowest BCUT2D eigenvalue weighted by atomic mass is 10.5. The molecule has 0 saturated heterocycles. The molecule has 0 saturated carbocycles. The van der Waals surface area contributed by atoms with Crippen LogP contribution in [-0.4, -0.2) is 22.4 Å². The standard InChI is InChI=1S/C15H23BrClN3Si/c1-9(2)21(10(3)4,11(5)6)20-8-12(16)14-15(20)18-7-13(17)19-14/h7-11H,1-6H3. The maximum Gasteiger partial charge on any atom is 0.171 e. The molecule has 2 aromatic heterocycles. The van der Waals surface area contributed by atoms with E-state index in [2.05, 4.69) is 77.9 Å². The lowest BCUT2D eigenvalue weighted by Crippen LogP contribution is -2.51. The van der Waals surface area contributed by atoms with Crippen molar-refractivity contribution in [3.05, 3.63) is 22.0 Å². The van der Waals surface area contributed by atoms with Gasteiger partial charge in [-0.3, -0.25) is 0 Å². The SMILES string of the molecule is CC(C)[Si](C(C)C)(C(C)C)n1cc(Br)c2nc(Cl)cnc21. The zero-order valence-corrected chi connectivity index (χ0v) is 16.8. The Morgan fingerprint density at radius 3 is 2.10 bits per heavy atom. The molecule has 0 amide bonds. The number of halogens is 2. The van der Waals surface area contributed by atoms with Crippen molar-refractivity contribution >= 4 is 46.9 Å². The minimum Gasteiger partial charge on any atom is -0.356 e. The Kier molecular flexibility index (Phi) is 4.86. The zero-order valence-electron chi connectivity index (χ0n) is 13.5. The predicted octanol–water partition coefficient (Wildman–Crippen LogP) is 5.87. The topological polar surface area (TPSA) is 30.7 Å². The van der Waals surface area contributed by atoms with E-state index in [-0.39, 0.29) is 0 Å². The van der Waals surface area contributed by atoms with Gasteiger partial charge in [-0.1, -0.05) is 53.1 Å². The molecule has 21 heavy (non-hydrogen) atoms. The fraction of sp³-hybridized carbons (Fsp3) is 0.600. The van der Waals surface area contributed by atoms with E-state index in [1.807, 2.05) is 0 Å². The third kappa shape index (κ3) is 2.57. The molecule has 0 N–H and O–H groups in total. The van der Waals surface area contributed by atoms with Gasteiger partial charge in [-0.05, 0) is 32.6 Å². The molecule has 0 spiro atoms. The molecule has 2 rings (SSSR count). The minimum absolute atomic E-state index is 0.437. The molecule has 0 aliphatic rings. The molecule has 0 unspecified atom stereocenters. The highest BCUT2D eigenvalue weighted by Gasteiger charge is 2.46. The molecular formula is C15H23BrClN3Si. The summed E-state index contributed by atoms with van der Waals surface area (Å²) in [5.41, 5.74) is 3.64. The third-order valence-electron chi connectivity index (χ3n) is 4.61. The van der Waals surface area contributed by atoms with Crippen molar-refractivity contribution in [2.24, 2.45) is 0 Å². The molecule has 0 atom stereocenters. The second-order valence-corrected chi connectivity index (χ2v) is 13.5. The molecule has 0 aliphatic carbocycles. The summed E-state index contributed by atoms with van der Waals surface area (Å²) in [6.45, 7) is 14.1. The Morgan fingerprint density at radius 2 is 1.62 bits per heavy atom. The number of aromatic nitrogens is 3. The fourth-order valence-corrected chi connectivity index (χ4v) is 11.4. The highest BCUT2D eigenvalue weighted by molar-refractivity contribution is 9.10. The van der Waals surface area contributed by atoms with Crippen LogP contribution >= 0.6 is 27.5 Å². The summed E-state index contributed by atoms with van der Waals surface area (Å²) in [4.78, 5) is 9.03. The molecule has 0 aliphatic heterocycles. The van der Waals surface area contributed by atoms with Crippen LogP contribution in [0, 0.1) is 0 Å². The second kappa shape index (κ2) is 6.01. The Labute approximate surface area is 141 Å². The summed E-state index contributed by atoms with van der Waals surface area (Å²) in [5.74, 6) is 0. The summed E-state index contributed by atoms with van der Waals surface area (Å²) < 4.78 is 3.42. The number of rotatable bonds is 4. The number of fused-ring (bicyclic) bond motifs is 1. The molecule has 3 nitrogen and oxygen atoms in total. The van der Waals surface area contributed by atoms with Crippen LogP contribution in [-0.2, 0) is 0 Å². The minimum atomic E-state index is -1.82. The van der Waals surface area contributed by atoms with E-state index in [4.69, 9.17) is 11.6 Å². The van der Waals surface area contributed by atoms with Crippen LogP contribution in [0.1, 0.15) is 41.5 Å². The molecule has 2 aromatic rings. The van der Waals surface area contributed by atoms with Crippen LogP contribution in [0.2, 0.25) is 21.8 Å². The normalized spacial score (nSPS) is 13.1. The van der Waals surface area contributed by atoms with Gasteiger partial charge in [-0.2, -0.15) is 0 Å². The Bertz CT molecular complexity index is 630. The van der Waals surface area contributed by atoms with E-state index in [0.29, 0.717) is 21.8 Å². The molecular weight excluding hydrogens is 366 g/mol. The molecule has 6 heteroatoms. The zero-order chi connectivity index (χ0) is 15.9. The maximum atomic E-state index is 6.01. The summed E-state index contributed by atoms with van der Waals surface area (Å²) in [6, 6.07) is 0. The van der Waals surface area contributed by atoms with Crippen LogP contribution in [0.25, 0.3) is 11.2 Å². The molecule has 0 bridgehead atoms. The van der Waals surface area contributed by atoms with Gasteiger partial charge in [0.15, 0.2) is 13.9 Å². The van der Waals surface area contributed by atoms with Gasteiger partial charge >= 0.3 is 0 Å². The van der Waals surface area contributed by atoms with E-state index in [0.717, 1.165) is 15.6 Å². The quantitative estimate of drug-likeness (QED) is 0.613. The van der Waals surface area contributed by atoms with Crippen LogP contribution in [0.15, 0.2) is 16.9 Å². The Hall–Kier alpha value is -0.393. The third-order valence-corrected chi connectivity index (χ3v) is 12.1. The van der Waals surface area contributed by atoms with Gasteiger partial charge in [-0.25, -0.2) is 9.97 Å². The van der Waals surface area contributed by atoms with E-state index in [9.17, 15) is 0 Å². The molecule has 0 radical (unpaired) electrons. The van der Waals surface area contributed by atoms with Gasteiger partial charge in [0.25, 0.3) is 0 Å². The Balaban J connectivity index is 2.83. The lowest BCUT2D eigenvalue weighted by molar-refractivity contribution is 0.770. The highest BCUT2D eigenvalue weighted by Crippen LogP contribution is 2.44. The van der Waals surface area contributed by atoms with E-state index in [1.54, 1.807) is 6.20 Å². The monoisotopic (exact) mass is 387 g/mol. The largest absolute Gasteiger partial charge is 0.356 e. The predicted molar refractivity (Wildman–Crippen MR) is 96.7 cm³/mol. The van der Waals surface area contributed by atoms with Gasteiger partial charge in [0.1, 0.15) is 10.7 Å². The average molecular weight is 389 g/mol. The summed E-state index contributed by atoms with van der Waals surface area (Å²) >= 11 is 9.64. The van der Waals surface area contributed by atoms with Gasteiger partial charge in [0.05, 0.1) is 10.7 Å². The Morgan fingerprint density at radius 1 is 1.10 bits per heavy atom. The van der Waals surface area contributed by atoms with Crippen LogP contribution in [0.5, 0.6) is 0 Å². The van der Waals surface area contributed by atoms with Crippen molar-refractivity contribution in [1.82, 2.24) is 14.2 Å². The van der Waals surface area contributed by atoms with E-state index in [1.165, 1.54) is 0 Å². The first kappa shape index (κ1) is 17.0. The fourth-order valence-electron chi connectivity index (χ4n) is 4.06. The van der Waals surface area contributed by atoms with Gasteiger partial charge < -0.3 is 4.23 Å². The number of nitrogens with zero attached hydrogens (tertiary/aromatic N) is 3. The lowest BCUT2D eigenvalue weighted by Gasteiger charge is -2.44. The first-order valence-electron chi connectivity index (χ1n) is 7.42. The molecule has 0 aromatic carbocycles. The first-order valence-corrected chi connectivity index (χ1v) is 10.8. The summed E-state index contributed by atoms with van der Waals surface area (Å²) in [5, 5.41) is 0.437. The smallest absolute Gasteiger partial charge is 0.171 e. The van der Waals surface area contributed by atoms with Crippen LogP contribution < -0.4 is 0 Å². The molecule has 2 heterocycles. The van der Waals surface area contributed by atoms with Gasteiger partial charge in [0, 0.05) is 6.20 Å². The molecule has 0 fully saturated rings. The summed E-state index contributed by atoms with van der Waals surface area (Å²) in [6.07, 6.45) is 3.82. The van der Waals surface area contributed by atoms with E-state index >= 15 is 0 Å².